The van der Waals surface area contributed by atoms with E-state index >= 15 is 0 Å². The van der Waals surface area contributed by atoms with E-state index in [1.807, 2.05) is 36.4 Å². The van der Waals surface area contributed by atoms with Gasteiger partial charge in [-0.3, -0.25) is 5.10 Å². The third-order valence-electron chi connectivity index (χ3n) is 4.27. The lowest BCUT2D eigenvalue weighted by Gasteiger charge is -2.24. The lowest BCUT2D eigenvalue weighted by atomic mass is 9.82. The Labute approximate surface area is 147 Å². The molecule has 128 valence electrons. The molecule has 26 heavy (non-hydrogen) atoms. The fourth-order valence-electron chi connectivity index (χ4n) is 3.12. The molecule has 2 aromatic carbocycles. The Bertz CT molecular complexity index is 1070. The monoisotopic (exact) mass is 350 g/mol. The Morgan fingerprint density at radius 1 is 1.15 bits per heavy atom. The highest BCUT2D eigenvalue weighted by atomic mass is 19.1. The largest absolute Gasteiger partial charge is 0.420 e. The lowest BCUT2D eigenvalue weighted by molar-refractivity contribution is 0.378. The second-order valence-corrected chi connectivity index (χ2v) is 5.77. The maximum absolute atomic E-state index is 14.5. The third kappa shape index (κ3) is 2.40. The van der Waals surface area contributed by atoms with Crippen molar-refractivity contribution < 1.29 is 13.5 Å². The van der Waals surface area contributed by atoms with E-state index in [9.17, 15) is 14.0 Å². The van der Waals surface area contributed by atoms with Crippen molar-refractivity contribution in [3.63, 3.8) is 0 Å². The van der Waals surface area contributed by atoms with Gasteiger partial charge in [-0.15, -0.1) is 5.10 Å². The molecule has 1 aliphatic rings. The summed E-state index contributed by atoms with van der Waals surface area (Å²) in [6.07, 6.45) is 0. The molecule has 0 bridgehead atoms. The van der Waals surface area contributed by atoms with Crippen LogP contribution in [-0.4, -0.2) is 10.2 Å². The molecule has 1 atom stereocenters. The first-order valence-corrected chi connectivity index (χ1v) is 7.76. The Morgan fingerprint density at radius 3 is 2.65 bits per heavy atom. The first-order chi connectivity index (χ1) is 12.6. The van der Waals surface area contributed by atoms with Crippen LogP contribution in [0.5, 0.6) is 5.88 Å². The van der Waals surface area contributed by atoms with Gasteiger partial charge in [-0.25, -0.2) is 8.78 Å². The van der Waals surface area contributed by atoms with Gasteiger partial charge in [0, 0.05) is 5.56 Å². The normalized spacial score (nSPS) is 16.0. The molecule has 7 heteroatoms. The highest BCUT2D eigenvalue weighted by Crippen LogP contribution is 2.46. The van der Waals surface area contributed by atoms with E-state index in [1.54, 1.807) is 0 Å². The van der Waals surface area contributed by atoms with Crippen molar-refractivity contribution in [2.75, 3.05) is 0 Å². The number of aromatic nitrogens is 2. The number of aromatic amines is 1. The van der Waals surface area contributed by atoms with Crippen LogP contribution in [0.4, 0.5) is 8.78 Å². The Hall–Kier alpha value is -3.66. The molecule has 1 aromatic heterocycles. The minimum Gasteiger partial charge on any atom is -0.420 e. The number of nitrogens with two attached hydrogens (primary N) is 1. The van der Waals surface area contributed by atoms with Crippen molar-refractivity contribution in [2.45, 2.75) is 5.92 Å². The zero-order chi connectivity index (χ0) is 18.3. The molecule has 2 heterocycles. The van der Waals surface area contributed by atoms with Crippen LogP contribution < -0.4 is 10.5 Å². The molecule has 0 saturated heterocycles. The molecule has 0 saturated carbocycles. The van der Waals surface area contributed by atoms with Crippen LogP contribution in [0.15, 0.2) is 60.0 Å². The molecular formula is C19H12F2N4O. The first-order valence-electron chi connectivity index (χ1n) is 7.76. The molecule has 0 radical (unpaired) electrons. The summed E-state index contributed by atoms with van der Waals surface area (Å²) in [6.45, 7) is 0. The highest BCUT2D eigenvalue weighted by Gasteiger charge is 2.37. The number of hydrogen-bond acceptors (Lipinski definition) is 4. The molecule has 0 spiro atoms. The van der Waals surface area contributed by atoms with Gasteiger partial charge < -0.3 is 10.5 Å². The summed E-state index contributed by atoms with van der Waals surface area (Å²) in [6, 6.07) is 14.2. The summed E-state index contributed by atoms with van der Waals surface area (Å²) in [5, 5.41) is 16.5. The fourth-order valence-corrected chi connectivity index (χ4v) is 3.12. The molecule has 3 aromatic rings. The van der Waals surface area contributed by atoms with Gasteiger partial charge >= 0.3 is 0 Å². The first kappa shape index (κ1) is 15.8. The van der Waals surface area contributed by atoms with Crippen molar-refractivity contribution in [1.82, 2.24) is 10.2 Å². The predicted octanol–water partition coefficient (Wildman–Crippen LogP) is 3.57. The fraction of sp³-hybridized carbons (Fsp3) is 0.0526. The standard InChI is InChI=1S/C19H12F2N4O/c20-11-6-7-14(21)12(8-11)15-13(9-22)18(23)26-19-16(15)17(24-25-19)10-4-2-1-3-5-10/h1-8,15H,23H2,(H,24,25). The molecule has 5 nitrogen and oxygen atoms in total. The number of hydrogen-bond donors (Lipinski definition) is 2. The van der Waals surface area contributed by atoms with E-state index in [0.717, 1.165) is 23.8 Å². The van der Waals surface area contributed by atoms with Gasteiger partial charge in [-0.05, 0) is 23.8 Å². The van der Waals surface area contributed by atoms with Crippen LogP contribution in [0.3, 0.4) is 0 Å². The van der Waals surface area contributed by atoms with Crippen LogP contribution in [0.25, 0.3) is 11.3 Å². The number of ether oxygens (including phenoxy) is 1. The topological polar surface area (TPSA) is 87.7 Å². The molecule has 1 aliphatic heterocycles. The molecule has 1 unspecified atom stereocenters. The maximum Gasteiger partial charge on any atom is 0.244 e. The molecule has 0 aliphatic carbocycles. The summed E-state index contributed by atoms with van der Waals surface area (Å²) in [7, 11) is 0. The van der Waals surface area contributed by atoms with Crippen LogP contribution in [0.2, 0.25) is 0 Å². The summed E-state index contributed by atoms with van der Waals surface area (Å²) in [5.74, 6) is -2.25. The van der Waals surface area contributed by atoms with Gasteiger partial charge in [0.05, 0.1) is 17.2 Å². The predicted molar refractivity (Wildman–Crippen MR) is 89.7 cm³/mol. The Balaban J connectivity index is 2.00. The van der Waals surface area contributed by atoms with E-state index in [4.69, 9.17) is 10.5 Å². The summed E-state index contributed by atoms with van der Waals surface area (Å²) >= 11 is 0. The van der Waals surface area contributed by atoms with Gasteiger partial charge in [0.25, 0.3) is 0 Å². The number of rotatable bonds is 2. The van der Waals surface area contributed by atoms with Crippen molar-refractivity contribution in [3.05, 3.63) is 82.7 Å². The van der Waals surface area contributed by atoms with Crippen LogP contribution >= 0.6 is 0 Å². The van der Waals surface area contributed by atoms with Crippen molar-refractivity contribution in [1.29, 1.82) is 5.26 Å². The summed E-state index contributed by atoms with van der Waals surface area (Å²) in [4.78, 5) is 0. The van der Waals surface area contributed by atoms with Crippen molar-refractivity contribution in [3.8, 4) is 23.2 Å². The minimum atomic E-state index is -0.937. The maximum atomic E-state index is 14.5. The van der Waals surface area contributed by atoms with Crippen molar-refractivity contribution >= 4 is 0 Å². The number of H-pyrrole nitrogens is 1. The van der Waals surface area contributed by atoms with E-state index in [1.165, 1.54) is 0 Å². The molecule has 0 amide bonds. The van der Waals surface area contributed by atoms with Gasteiger partial charge in [0.2, 0.25) is 11.8 Å². The quantitative estimate of drug-likeness (QED) is 0.739. The number of benzene rings is 2. The van der Waals surface area contributed by atoms with Crippen LogP contribution in [0.1, 0.15) is 17.0 Å². The second kappa shape index (κ2) is 6.01. The number of nitrogens with one attached hydrogen (secondary N) is 1. The van der Waals surface area contributed by atoms with E-state index in [0.29, 0.717) is 11.3 Å². The van der Waals surface area contributed by atoms with Gasteiger partial charge in [-0.2, -0.15) is 5.26 Å². The third-order valence-corrected chi connectivity index (χ3v) is 4.27. The number of fused-ring (bicyclic) bond motifs is 1. The Kier molecular flexibility index (Phi) is 3.66. The highest BCUT2D eigenvalue weighted by molar-refractivity contribution is 5.70. The molecule has 3 N–H and O–H groups in total. The SMILES string of the molecule is N#CC1=C(N)Oc2n[nH]c(-c3ccccc3)c2C1c1cc(F)ccc1F. The smallest absolute Gasteiger partial charge is 0.244 e. The second-order valence-electron chi connectivity index (χ2n) is 5.77. The lowest BCUT2D eigenvalue weighted by Crippen LogP contribution is -2.21. The average Bonchev–Trinajstić information content (AvgIpc) is 3.06. The van der Waals surface area contributed by atoms with Crippen LogP contribution in [-0.2, 0) is 0 Å². The molecular weight excluding hydrogens is 338 g/mol. The molecule has 4 rings (SSSR count). The van der Waals surface area contributed by atoms with Crippen LogP contribution in [0, 0.1) is 23.0 Å². The number of nitrogens with zero attached hydrogens (tertiary/aromatic N) is 2. The Morgan fingerprint density at radius 2 is 1.92 bits per heavy atom. The van der Waals surface area contributed by atoms with E-state index in [-0.39, 0.29) is 22.9 Å². The van der Waals surface area contributed by atoms with Gasteiger partial charge in [0.1, 0.15) is 23.3 Å². The van der Waals surface area contributed by atoms with E-state index < -0.39 is 17.6 Å². The zero-order valence-corrected chi connectivity index (χ0v) is 13.3. The minimum absolute atomic E-state index is 0.000538. The number of halogens is 2. The van der Waals surface area contributed by atoms with Gasteiger partial charge in [-0.1, -0.05) is 30.3 Å². The summed E-state index contributed by atoms with van der Waals surface area (Å²) < 4.78 is 33.8. The zero-order valence-electron chi connectivity index (χ0n) is 13.3. The number of nitriles is 1. The average molecular weight is 350 g/mol. The number of allylic oxidation sites excluding steroid dienone is 1. The van der Waals surface area contributed by atoms with E-state index in [2.05, 4.69) is 10.2 Å². The van der Waals surface area contributed by atoms with Crippen molar-refractivity contribution in [2.24, 2.45) is 5.73 Å². The van der Waals surface area contributed by atoms with Gasteiger partial charge in [0.15, 0.2) is 0 Å². The molecule has 0 fully saturated rings. The summed E-state index contributed by atoms with van der Waals surface area (Å²) in [5.41, 5.74) is 7.58.